The quantitative estimate of drug-likeness (QED) is 0.0454. The average Bonchev–Trinajstić information content (AvgIpc) is 3.17. The fourth-order valence-electron chi connectivity index (χ4n) is 8.46. The maximum Gasteiger partial charge on any atom is 0.306 e. The van der Waals surface area contributed by atoms with E-state index in [4.69, 9.17) is 9.47 Å². The molecule has 5 heteroatoms. The van der Waals surface area contributed by atoms with Crippen LogP contribution >= 0.6 is 0 Å². The topological polar surface area (TPSA) is 55.8 Å². The molecule has 334 valence electrons. The molecule has 0 radical (unpaired) electrons. The minimum Gasteiger partial charge on any atom is -0.466 e. The highest BCUT2D eigenvalue weighted by Crippen LogP contribution is 2.25. The first-order valence-corrected chi connectivity index (χ1v) is 25.3. The van der Waals surface area contributed by atoms with Crippen molar-refractivity contribution in [3.63, 3.8) is 0 Å². The Morgan fingerprint density at radius 3 is 0.929 bits per heavy atom. The number of hydrogen-bond donors (Lipinski definition) is 0. The first kappa shape index (κ1) is 54.9. The van der Waals surface area contributed by atoms with Crippen molar-refractivity contribution in [3.8, 4) is 0 Å². The lowest BCUT2D eigenvalue weighted by Gasteiger charge is -2.19. The third-order valence-electron chi connectivity index (χ3n) is 12.3. The molecule has 0 saturated heterocycles. The maximum absolute atomic E-state index is 12.5. The summed E-state index contributed by atoms with van der Waals surface area (Å²) in [5.74, 6) is 2.01. The van der Waals surface area contributed by atoms with E-state index >= 15 is 0 Å². The summed E-state index contributed by atoms with van der Waals surface area (Å²) in [6.45, 7) is 11.4. The Bertz CT molecular complexity index is 736. The molecule has 0 aliphatic rings. The molecule has 0 spiro atoms. The monoisotopic (exact) mass is 792 g/mol. The zero-order valence-electron chi connectivity index (χ0n) is 39.1. The van der Waals surface area contributed by atoms with Gasteiger partial charge in [0.15, 0.2) is 0 Å². The third kappa shape index (κ3) is 39.7. The van der Waals surface area contributed by atoms with Gasteiger partial charge in [-0.25, -0.2) is 0 Å². The van der Waals surface area contributed by atoms with E-state index < -0.39 is 0 Å². The molecule has 0 heterocycles. The molecule has 0 aromatic carbocycles. The molecule has 0 unspecified atom stereocenters. The third-order valence-corrected chi connectivity index (χ3v) is 12.3. The predicted octanol–water partition coefficient (Wildman–Crippen LogP) is 16.0. The van der Waals surface area contributed by atoms with Crippen LogP contribution in [-0.2, 0) is 19.1 Å². The molecule has 0 atom stereocenters. The standard InChI is InChI=1S/C51H101NO4/c1-7-11-27-37-48(38-28-12-8-2)45-50(53)55-43-33-25-21-17-15-19-23-31-35-47(41-42-52(5)6)36-32-24-20-16-18-22-26-34-44-56-51(54)46-49(39-29-13-9-3)40-30-14-10-4/h47-49H,7-46H2,1-6H3. The van der Waals surface area contributed by atoms with E-state index in [0.29, 0.717) is 37.9 Å². The van der Waals surface area contributed by atoms with Crippen molar-refractivity contribution >= 4 is 11.9 Å². The molecule has 0 aromatic heterocycles. The molecule has 56 heavy (non-hydrogen) atoms. The molecule has 0 bridgehead atoms. The molecule has 0 aliphatic heterocycles. The zero-order valence-corrected chi connectivity index (χ0v) is 39.1. The second-order valence-electron chi connectivity index (χ2n) is 18.3. The minimum absolute atomic E-state index is 0.0417. The minimum atomic E-state index is 0.0417. The Morgan fingerprint density at radius 2 is 0.625 bits per heavy atom. The Labute approximate surface area is 351 Å². The molecule has 0 amide bonds. The first-order chi connectivity index (χ1) is 27.4. The summed E-state index contributed by atoms with van der Waals surface area (Å²) in [5, 5.41) is 0. The summed E-state index contributed by atoms with van der Waals surface area (Å²) in [7, 11) is 4.43. The van der Waals surface area contributed by atoms with Gasteiger partial charge in [-0.2, -0.15) is 0 Å². The second kappa shape index (κ2) is 43.5. The molecule has 0 aliphatic carbocycles. The number of carbonyl (C=O) groups is 2. The molecule has 5 nitrogen and oxygen atoms in total. The van der Waals surface area contributed by atoms with E-state index in [-0.39, 0.29) is 11.9 Å². The lowest BCUT2D eigenvalue weighted by molar-refractivity contribution is -0.146. The Kier molecular flexibility index (Phi) is 42.6. The first-order valence-electron chi connectivity index (χ1n) is 25.3. The van der Waals surface area contributed by atoms with Gasteiger partial charge in [-0.3, -0.25) is 9.59 Å². The molecule has 0 saturated carbocycles. The summed E-state index contributed by atoms with van der Waals surface area (Å²) in [6, 6.07) is 0. The number of carbonyl (C=O) groups excluding carboxylic acids is 2. The van der Waals surface area contributed by atoms with Crippen LogP contribution in [0.3, 0.4) is 0 Å². The average molecular weight is 792 g/mol. The van der Waals surface area contributed by atoms with Crippen molar-refractivity contribution in [2.45, 2.75) is 265 Å². The van der Waals surface area contributed by atoms with Gasteiger partial charge in [-0.05, 0) is 83.3 Å². The summed E-state index contributed by atoms with van der Waals surface area (Å²) in [5.41, 5.74) is 0. The van der Waals surface area contributed by atoms with Gasteiger partial charge < -0.3 is 14.4 Å². The van der Waals surface area contributed by atoms with Gasteiger partial charge in [0.2, 0.25) is 0 Å². The summed E-state index contributed by atoms with van der Waals surface area (Å²) >= 11 is 0. The van der Waals surface area contributed by atoms with Crippen molar-refractivity contribution in [3.05, 3.63) is 0 Å². The number of rotatable bonds is 45. The highest BCUT2D eigenvalue weighted by atomic mass is 16.5. The smallest absolute Gasteiger partial charge is 0.306 e. The van der Waals surface area contributed by atoms with Crippen LogP contribution in [-0.4, -0.2) is 50.7 Å². The van der Waals surface area contributed by atoms with Crippen LogP contribution in [0, 0.1) is 17.8 Å². The van der Waals surface area contributed by atoms with E-state index in [2.05, 4.69) is 46.7 Å². The van der Waals surface area contributed by atoms with E-state index in [1.54, 1.807) is 0 Å². The van der Waals surface area contributed by atoms with Crippen molar-refractivity contribution in [2.24, 2.45) is 17.8 Å². The molecular weight excluding hydrogens is 691 g/mol. The predicted molar refractivity (Wildman–Crippen MR) is 244 cm³/mol. The number of unbranched alkanes of at least 4 members (excludes halogenated alkanes) is 22. The van der Waals surface area contributed by atoms with E-state index in [9.17, 15) is 9.59 Å². The fourth-order valence-corrected chi connectivity index (χ4v) is 8.46. The molecule has 0 N–H and O–H groups in total. The number of hydrogen-bond acceptors (Lipinski definition) is 5. The maximum atomic E-state index is 12.5. The SMILES string of the molecule is CCCCCC(CCCCC)CC(=O)OCCCCCCCCCCC(CCCCCCCCCCOC(=O)CC(CCCCC)CCCCC)CCN(C)C. The van der Waals surface area contributed by atoms with Crippen LogP contribution in [0.4, 0.5) is 0 Å². The van der Waals surface area contributed by atoms with E-state index in [1.807, 2.05) is 0 Å². The highest BCUT2D eigenvalue weighted by molar-refractivity contribution is 5.70. The van der Waals surface area contributed by atoms with E-state index in [1.165, 1.54) is 218 Å². The molecule has 0 fully saturated rings. The van der Waals surface area contributed by atoms with Crippen LogP contribution in [0.2, 0.25) is 0 Å². The second-order valence-corrected chi connectivity index (χ2v) is 18.3. The lowest BCUT2D eigenvalue weighted by atomic mass is 9.91. The summed E-state index contributed by atoms with van der Waals surface area (Å²) < 4.78 is 11.3. The van der Waals surface area contributed by atoms with Gasteiger partial charge >= 0.3 is 11.9 Å². The van der Waals surface area contributed by atoms with Crippen molar-refractivity contribution in [1.29, 1.82) is 0 Å². The van der Waals surface area contributed by atoms with Crippen LogP contribution in [0.15, 0.2) is 0 Å². The summed E-state index contributed by atoms with van der Waals surface area (Å²) in [6.07, 6.45) is 45.9. The molecular formula is C51H101NO4. The largest absolute Gasteiger partial charge is 0.466 e. The Hall–Kier alpha value is -1.10. The summed E-state index contributed by atoms with van der Waals surface area (Å²) in [4.78, 5) is 27.3. The van der Waals surface area contributed by atoms with Crippen molar-refractivity contribution in [2.75, 3.05) is 33.9 Å². The molecule has 0 aromatic rings. The fraction of sp³-hybridized carbons (Fsp3) is 0.961. The van der Waals surface area contributed by atoms with Crippen LogP contribution < -0.4 is 0 Å². The Balaban J connectivity index is 3.92. The van der Waals surface area contributed by atoms with Crippen molar-refractivity contribution < 1.29 is 19.1 Å². The van der Waals surface area contributed by atoms with Gasteiger partial charge in [0.05, 0.1) is 13.2 Å². The van der Waals surface area contributed by atoms with Crippen molar-refractivity contribution in [1.82, 2.24) is 4.90 Å². The lowest BCUT2D eigenvalue weighted by Crippen LogP contribution is -2.17. The van der Waals surface area contributed by atoms with Crippen LogP contribution in [0.5, 0.6) is 0 Å². The van der Waals surface area contributed by atoms with Gasteiger partial charge in [0.1, 0.15) is 0 Å². The number of ether oxygens (including phenoxy) is 2. The van der Waals surface area contributed by atoms with Crippen LogP contribution in [0.1, 0.15) is 265 Å². The Morgan fingerprint density at radius 1 is 0.357 bits per heavy atom. The van der Waals surface area contributed by atoms with E-state index in [0.717, 1.165) is 18.8 Å². The number of nitrogens with zero attached hydrogens (tertiary/aromatic N) is 1. The van der Waals surface area contributed by atoms with Gasteiger partial charge in [0, 0.05) is 12.8 Å². The van der Waals surface area contributed by atoms with Gasteiger partial charge in [-0.15, -0.1) is 0 Å². The highest BCUT2D eigenvalue weighted by Gasteiger charge is 2.16. The van der Waals surface area contributed by atoms with Gasteiger partial charge in [-0.1, -0.05) is 207 Å². The number of esters is 2. The van der Waals surface area contributed by atoms with Crippen LogP contribution in [0.25, 0.3) is 0 Å². The zero-order chi connectivity index (χ0) is 41.2. The van der Waals surface area contributed by atoms with Gasteiger partial charge in [0.25, 0.3) is 0 Å². The molecule has 0 rings (SSSR count). The normalized spacial score (nSPS) is 11.8.